The molecule has 0 bridgehead atoms. The number of benzene rings is 2. The Hall–Kier alpha value is -2.33. The largest absolute Gasteiger partial charge is 0.362 e. The van der Waals surface area contributed by atoms with Gasteiger partial charge in [0.2, 0.25) is 0 Å². The number of hydrogen-bond donors (Lipinski definition) is 0. The molecule has 4 rings (SSSR count). The van der Waals surface area contributed by atoms with Crippen LogP contribution < -0.4 is 0 Å². The Morgan fingerprint density at radius 3 is 2.67 bits per heavy atom. The molecule has 0 amide bonds. The number of hydrogen-bond acceptors (Lipinski definition) is 2. The summed E-state index contributed by atoms with van der Waals surface area (Å²) in [6.45, 7) is 3.90. The molecule has 3 aromatic rings. The summed E-state index contributed by atoms with van der Waals surface area (Å²) in [5, 5.41) is 0.706. The summed E-state index contributed by atoms with van der Waals surface area (Å²) < 4.78 is 34.3. The van der Waals surface area contributed by atoms with Crippen LogP contribution in [-0.2, 0) is 11.2 Å². The molecule has 2 heterocycles. The van der Waals surface area contributed by atoms with Crippen molar-refractivity contribution in [1.82, 2.24) is 4.98 Å². The predicted octanol–water partition coefficient (Wildman–Crippen LogP) is 4.95. The van der Waals surface area contributed by atoms with Gasteiger partial charge in [-0.15, -0.1) is 0 Å². The number of pyridine rings is 1. The summed E-state index contributed by atoms with van der Waals surface area (Å²) in [5.74, 6) is -0.566. The van der Waals surface area contributed by atoms with Crippen LogP contribution in [0.4, 0.5) is 8.78 Å². The van der Waals surface area contributed by atoms with E-state index in [1.54, 1.807) is 18.3 Å². The van der Waals surface area contributed by atoms with Crippen LogP contribution in [0.25, 0.3) is 10.9 Å². The van der Waals surface area contributed by atoms with Gasteiger partial charge < -0.3 is 4.74 Å². The van der Waals surface area contributed by atoms with Crippen molar-refractivity contribution in [2.24, 2.45) is 0 Å². The Morgan fingerprint density at radius 1 is 1.08 bits per heavy atom. The van der Waals surface area contributed by atoms with Crippen LogP contribution in [0.15, 0.2) is 48.7 Å². The van der Waals surface area contributed by atoms with Gasteiger partial charge >= 0.3 is 0 Å². The first-order chi connectivity index (χ1) is 11.4. The number of para-hydroxylation sites is 1. The Labute approximate surface area is 139 Å². The lowest BCUT2D eigenvalue weighted by Gasteiger charge is -2.38. The molecule has 1 aliphatic rings. The summed E-state index contributed by atoms with van der Waals surface area (Å²) in [5.41, 5.74) is 2.13. The third-order valence-electron chi connectivity index (χ3n) is 4.46. The molecule has 0 spiro atoms. The monoisotopic (exact) mass is 325 g/mol. The molecule has 0 N–H and O–H groups in total. The molecule has 0 saturated carbocycles. The highest BCUT2D eigenvalue weighted by atomic mass is 19.1. The van der Waals surface area contributed by atoms with E-state index in [0.29, 0.717) is 22.9 Å². The van der Waals surface area contributed by atoms with E-state index in [1.807, 2.05) is 32.0 Å². The van der Waals surface area contributed by atoms with E-state index in [-0.39, 0.29) is 11.6 Å². The molecule has 2 aromatic carbocycles. The van der Waals surface area contributed by atoms with Crippen LogP contribution in [0.3, 0.4) is 0 Å². The van der Waals surface area contributed by atoms with E-state index >= 15 is 0 Å². The summed E-state index contributed by atoms with van der Waals surface area (Å²) in [7, 11) is 0. The van der Waals surface area contributed by atoms with Crippen molar-refractivity contribution in [3.63, 3.8) is 0 Å². The number of ether oxygens (including phenoxy) is 1. The zero-order chi connectivity index (χ0) is 16.9. The maximum atomic E-state index is 14.3. The van der Waals surface area contributed by atoms with Crippen molar-refractivity contribution in [2.45, 2.75) is 32.0 Å². The molecule has 0 saturated heterocycles. The average molecular weight is 325 g/mol. The molecule has 0 aliphatic carbocycles. The van der Waals surface area contributed by atoms with E-state index < -0.39 is 11.7 Å². The van der Waals surface area contributed by atoms with Gasteiger partial charge in [-0.05, 0) is 43.2 Å². The predicted molar refractivity (Wildman–Crippen MR) is 88.8 cm³/mol. The van der Waals surface area contributed by atoms with Crippen molar-refractivity contribution in [2.75, 3.05) is 0 Å². The highest BCUT2D eigenvalue weighted by Crippen LogP contribution is 2.40. The Balaban J connectivity index is 1.89. The number of rotatable bonds is 1. The molecule has 4 heteroatoms. The molecule has 1 atom stereocenters. The lowest BCUT2D eigenvalue weighted by atomic mass is 9.86. The lowest BCUT2D eigenvalue weighted by molar-refractivity contribution is -0.0678. The quantitative estimate of drug-likeness (QED) is 0.631. The third-order valence-corrected chi connectivity index (χ3v) is 4.46. The molecule has 2 nitrogen and oxygen atoms in total. The van der Waals surface area contributed by atoms with Crippen molar-refractivity contribution >= 4 is 10.9 Å². The van der Waals surface area contributed by atoms with Gasteiger partial charge in [0.1, 0.15) is 23.3 Å². The summed E-state index contributed by atoms with van der Waals surface area (Å²) in [6.07, 6.45) is 1.72. The molecule has 1 aromatic heterocycles. The van der Waals surface area contributed by atoms with Crippen LogP contribution in [0, 0.1) is 11.6 Å². The number of fused-ring (bicyclic) bond motifs is 2. The Kier molecular flexibility index (Phi) is 3.39. The second kappa shape index (κ2) is 5.35. The molecule has 24 heavy (non-hydrogen) atoms. The van der Waals surface area contributed by atoms with E-state index in [1.165, 1.54) is 12.1 Å². The highest BCUT2D eigenvalue weighted by molar-refractivity contribution is 5.79. The number of halogens is 2. The summed E-state index contributed by atoms with van der Waals surface area (Å²) in [6, 6.07) is 11.8. The minimum Gasteiger partial charge on any atom is -0.362 e. The van der Waals surface area contributed by atoms with E-state index in [2.05, 4.69) is 4.98 Å². The third kappa shape index (κ3) is 2.47. The lowest BCUT2D eigenvalue weighted by Crippen LogP contribution is -2.35. The van der Waals surface area contributed by atoms with Gasteiger partial charge in [0.15, 0.2) is 0 Å². The van der Waals surface area contributed by atoms with Gasteiger partial charge in [0.05, 0.1) is 5.60 Å². The molecule has 1 aliphatic heterocycles. The van der Waals surface area contributed by atoms with E-state index in [9.17, 15) is 8.78 Å². The highest BCUT2D eigenvalue weighted by Gasteiger charge is 2.35. The van der Waals surface area contributed by atoms with Crippen LogP contribution in [-0.4, -0.2) is 10.6 Å². The van der Waals surface area contributed by atoms with Crippen LogP contribution in [0.5, 0.6) is 0 Å². The molecule has 1 unspecified atom stereocenters. The Bertz CT molecular complexity index is 936. The topological polar surface area (TPSA) is 22.1 Å². The van der Waals surface area contributed by atoms with E-state index in [0.717, 1.165) is 11.1 Å². The van der Waals surface area contributed by atoms with Gasteiger partial charge in [0, 0.05) is 23.6 Å². The van der Waals surface area contributed by atoms with Gasteiger partial charge in [-0.3, -0.25) is 4.98 Å². The first kappa shape index (κ1) is 15.2. The van der Waals surface area contributed by atoms with Crippen molar-refractivity contribution in [1.29, 1.82) is 0 Å². The summed E-state index contributed by atoms with van der Waals surface area (Å²) >= 11 is 0. The zero-order valence-corrected chi connectivity index (χ0v) is 13.5. The molecule has 0 radical (unpaired) electrons. The first-order valence-electron chi connectivity index (χ1n) is 7.94. The first-order valence-corrected chi connectivity index (χ1v) is 7.94. The SMILES string of the molecule is CC1(C)Cc2c(F)cccc2C(c2cnc3c(F)cccc3c2)O1. The zero-order valence-electron chi connectivity index (χ0n) is 13.5. The van der Waals surface area contributed by atoms with Crippen LogP contribution in [0.2, 0.25) is 0 Å². The fourth-order valence-corrected chi connectivity index (χ4v) is 3.39. The standard InChI is InChI=1S/C20H17F2NO/c1-20(2)10-15-14(6-4-7-16(15)21)19(24-20)13-9-12-5-3-8-17(22)18(12)23-11-13/h3-9,11,19H,10H2,1-2H3. The minimum atomic E-state index is -0.489. The molecule has 0 fully saturated rings. The minimum absolute atomic E-state index is 0.214. The average Bonchev–Trinajstić information content (AvgIpc) is 2.54. The van der Waals surface area contributed by atoms with Crippen molar-refractivity contribution in [3.05, 3.63) is 77.0 Å². The van der Waals surface area contributed by atoms with Crippen LogP contribution in [0.1, 0.15) is 36.6 Å². The molecular formula is C20H17F2NO. The fraction of sp³-hybridized carbons (Fsp3) is 0.250. The van der Waals surface area contributed by atoms with Gasteiger partial charge in [-0.2, -0.15) is 0 Å². The van der Waals surface area contributed by atoms with Crippen molar-refractivity contribution in [3.8, 4) is 0 Å². The second-order valence-electron chi connectivity index (χ2n) is 6.82. The van der Waals surface area contributed by atoms with Gasteiger partial charge in [-0.1, -0.05) is 24.3 Å². The summed E-state index contributed by atoms with van der Waals surface area (Å²) in [4.78, 5) is 4.25. The number of aromatic nitrogens is 1. The maximum absolute atomic E-state index is 14.3. The fourth-order valence-electron chi connectivity index (χ4n) is 3.39. The smallest absolute Gasteiger partial charge is 0.149 e. The molecule has 122 valence electrons. The number of nitrogens with zero attached hydrogens (tertiary/aromatic N) is 1. The normalized spacial score (nSPS) is 19.2. The maximum Gasteiger partial charge on any atom is 0.149 e. The molecular weight excluding hydrogens is 308 g/mol. The van der Waals surface area contributed by atoms with Crippen LogP contribution >= 0.6 is 0 Å². The Morgan fingerprint density at radius 2 is 1.83 bits per heavy atom. The van der Waals surface area contributed by atoms with Gasteiger partial charge in [0.25, 0.3) is 0 Å². The van der Waals surface area contributed by atoms with Gasteiger partial charge in [-0.25, -0.2) is 8.78 Å². The second-order valence-corrected chi connectivity index (χ2v) is 6.82. The van der Waals surface area contributed by atoms with E-state index in [4.69, 9.17) is 4.74 Å². The van der Waals surface area contributed by atoms with Crippen molar-refractivity contribution < 1.29 is 13.5 Å².